The Kier molecular flexibility index (Phi) is 14.2. The van der Waals surface area contributed by atoms with E-state index >= 15 is 0 Å². The molecule has 0 unspecified atom stereocenters. The molecule has 0 saturated heterocycles. The van der Waals surface area contributed by atoms with Gasteiger partial charge in [0.1, 0.15) is 17.2 Å². The van der Waals surface area contributed by atoms with Gasteiger partial charge in [0, 0.05) is 6.07 Å². The average molecular weight is 489 g/mol. The fraction of sp³-hybridized carbons (Fsp3) is 0.344. The highest BCUT2D eigenvalue weighted by Gasteiger charge is 2.02. The summed E-state index contributed by atoms with van der Waals surface area (Å²) in [6, 6.07) is 11.6. The first-order valence-corrected chi connectivity index (χ1v) is 13.0. The third-order valence-corrected chi connectivity index (χ3v) is 5.56. The topological polar surface area (TPSA) is 66.8 Å². The van der Waals surface area contributed by atoms with Crippen LogP contribution in [0.25, 0.3) is 12.2 Å². The summed E-state index contributed by atoms with van der Waals surface area (Å²) in [5.41, 5.74) is 1.59. The van der Waals surface area contributed by atoms with Crippen LogP contribution in [0, 0.1) is 0 Å². The van der Waals surface area contributed by atoms with E-state index in [0.717, 1.165) is 18.4 Å². The van der Waals surface area contributed by atoms with Gasteiger partial charge in [0.05, 0.1) is 6.42 Å². The molecule has 2 N–H and O–H groups in total. The Morgan fingerprint density at radius 1 is 0.722 bits per heavy atom. The number of esters is 1. The van der Waals surface area contributed by atoms with Crippen LogP contribution in [-0.4, -0.2) is 16.2 Å². The van der Waals surface area contributed by atoms with Crippen molar-refractivity contribution in [1.29, 1.82) is 0 Å². The lowest BCUT2D eigenvalue weighted by Crippen LogP contribution is -2.05. The molecule has 4 heteroatoms. The second-order valence-electron chi connectivity index (χ2n) is 8.81. The molecule has 0 aliphatic carbocycles. The lowest BCUT2D eigenvalue weighted by Gasteiger charge is -2.03. The Bertz CT molecular complexity index is 993. The Labute approximate surface area is 216 Å². The maximum atomic E-state index is 12.0. The molecular formula is C32H40O4. The van der Waals surface area contributed by atoms with Crippen molar-refractivity contribution in [3.05, 3.63) is 90.0 Å². The molecule has 0 bridgehead atoms. The number of rotatable bonds is 16. The van der Waals surface area contributed by atoms with Gasteiger partial charge >= 0.3 is 5.97 Å². The zero-order valence-electron chi connectivity index (χ0n) is 21.4. The molecule has 0 aliphatic heterocycles. The fourth-order valence-corrected chi connectivity index (χ4v) is 3.61. The van der Waals surface area contributed by atoms with Gasteiger partial charge in [-0.25, -0.2) is 0 Å². The molecule has 0 radical (unpaired) electrons. The van der Waals surface area contributed by atoms with E-state index in [0.29, 0.717) is 11.3 Å². The number of phenols is 2. The van der Waals surface area contributed by atoms with Crippen LogP contribution >= 0.6 is 0 Å². The maximum absolute atomic E-state index is 12.0. The first-order chi connectivity index (χ1) is 17.6. The minimum Gasteiger partial charge on any atom is -0.508 e. The second-order valence-corrected chi connectivity index (χ2v) is 8.81. The Balaban J connectivity index is 1.59. The van der Waals surface area contributed by atoms with Gasteiger partial charge < -0.3 is 14.9 Å². The molecule has 4 nitrogen and oxygen atoms in total. The Morgan fingerprint density at radius 3 is 2.00 bits per heavy atom. The van der Waals surface area contributed by atoms with Crippen LogP contribution < -0.4 is 4.74 Å². The molecule has 2 aromatic carbocycles. The normalized spacial score (nSPS) is 11.9. The van der Waals surface area contributed by atoms with Crippen LogP contribution in [0.2, 0.25) is 0 Å². The predicted octanol–water partition coefficient (Wildman–Crippen LogP) is 8.76. The molecule has 2 aromatic rings. The van der Waals surface area contributed by atoms with Crippen molar-refractivity contribution >= 4 is 18.1 Å². The van der Waals surface area contributed by atoms with Gasteiger partial charge in [0.2, 0.25) is 0 Å². The smallest absolute Gasteiger partial charge is 0.315 e. The Hall–Kier alpha value is -3.53. The first kappa shape index (κ1) is 28.7. The average Bonchev–Trinajstić information content (AvgIpc) is 2.85. The number of hydrogen-bond donors (Lipinski definition) is 2. The molecule has 192 valence electrons. The van der Waals surface area contributed by atoms with Crippen LogP contribution in [0.4, 0.5) is 0 Å². The summed E-state index contributed by atoms with van der Waals surface area (Å²) < 4.78 is 5.38. The summed E-state index contributed by atoms with van der Waals surface area (Å²) in [6.07, 6.45) is 27.4. The third kappa shape index (κ3) is 13.4. The second kappa shape index (κ2) is 17.8. The number of hydrogen-bond acceptors (Lipinski definition) is 4. The van der Waals surface area contributed by atoms with Gasteiger partial charge in [-0.2, -0.15) is 0 Å². The molecule has 0 fully saturated rings. The summed E-state index contributed by atoms with van der Waals surface area (Å²) >= 11 is 0. The van der Waals surface area contributed by atoms with E-state index in [-0.39, 0.29) is 23.9 Å². The van der Waals surface area contributed by atoms with E-state index < -0.39 is 0 Å². The zero-order valence-corrected chi connectivity index (χ0v) is 21.4. The highest BCUT2D eigenvalue weighted by molar-refractivity contribution is 5.74. The van der Waals surface area contributed by atoms with Crippen molar-refractivity contribution in [3.8, 4) is 17.2 Å². The first-order valence-electron chi connectivity index (χ1n) is 13.0. The highest BCUT2D eigenvalue weighted by Crippen LogP contribution is 2.22. The molecule has 36 heavy (non-hydrogen) atoms. The van der Waals surface area contributed by atoms with Gasteiger partial charge in [0.25, 0.3) is 0 Å². The van der Waals surface area contributed by atoms with E-state index in [1.807, 2.05) is 30.4 Å². The lowest BCUT2D eigenvalue weighted by molar-refractivity contribution is -0.133. The highest BCUT2D eigenvalue weighted by atomic mass is 16.5. The number of carbonyl (C=O) groups excluding carboxylic acids is 1. The van der Waals surface area contributed by atoms with Gasteiger partial charge in [-0.05, 0) is 61.1 Å². The van der Waals surface area contributed by atoms with Crippen LogP contribution in [0.3, 0.4) is 0 Å². The van der Waals surface area contributed by atoms with Crippen molar-refractivity contribution in [3.63, 3.8) is 0 Å². The number of phenolic OH excluding ortho intramolecular Hbond substituents is 2. The minimum absolute atomic E-state index is 0.00761. The Morgan fingerprint density at radius 2 is 1.31 bits per heavy atom. The third-order valence-electron chi connectivity index (χ3n) is 5.56. The van der Waals surface area contributed by atoms with Crippen LogP contribution in [0.15, 0.2) is 78.9 Å². The van der Waals surface area contributed by atoms with Crippen molar-refractivity contribution in [2.45, 2.75) is 71.1 Å². The molecule has 0 amide bonds. The summed E-state index contributed by atoms with van der Waals surface area (Å²) in [7, 11) is 0. The number of carbonyl (C=O) groups is 1. The van der Waals surface area contributed by atoms with Crippen molar-refractivity contribution in [2.75, 3.05) is 0 Å². The van der Waals surface area contributed by atoms with Crippen molar-refractivity contribution < 1.29 is 19.7 Å². The monoisotopic (exact) mass is 488 g/mol. The maximum Gasteiger partial charge on any atom is 0.315 e. The molecular weight excluding hydrogens is 448 g/mol. The minimum atomic E-state index is -0.300. The fourth-order valence-electron chi connectivity index (χ4n) is 3.61. The van der Waals surface area contributed by atoms with E-state index in [2.05, 4.69) is 31.2 Å². The van der Waals surface area contributed by atoms with Crippen LogP contribution in [0.5, 0.6) is 17.2 Å². The summed E-state index contributed by atoms with van der Waals surface area (Å²) in [6.45, 7) is 2.25. The summed E-state index contributed by atoms with van der Waals surface area (Å²) in [5, 5.41) is 19.1. The van der Waals surface area contributed by atoms with E-state index in [9.17, 15) is 15.0 Å². The molecule has 0 aliphatic rings. The molecule has 0 atom stereocenters. The van der Waals surface area contributed by atoms with E-state index in [1.165, 1.54) is 51.0 Å². The lowest BCUT2D eigenvalue weighted by atomic mass is 10.1. The van der Waals surface area contributed by atoms with Gasteiger partial charge in [0.15, 0.2) is 0 Å². The standard InChI is InChI=1S/C32H40O4/c1-2-3-4-5-6-7-8-9-10-11-12-13-14-15-16-17-32(35)36-31-22-20-27(21-23-31)18-19-28-24-29(33)26-30(34)25-28/h9-10,12-13,15-16,18-26,33-34H,2-8,11,14,17H2,1H3. The molecule has 0 spiro atoms. The summed E-state index contributed by atoms with van der Waals surface area (Å²) in [4.78, 5) is 12.0. The molecule has 0 aromatic heterocycles. The SMILES string of the molecule is CCCCCCCCC=CCC=CCC=CCC(=O)Oc1ccc(C=Cc2cc(O)cc(O)c2)cc1. The number of unbranched alkanes of at least 4 members (excludes halogenated alkanes) is 6. The van der Waals surface area contributed by atoms with Crippen molar-refractivity contribution in [2.24, 2.45) is 0 Å². The van der Waals surface area contributed by atoms with Crippen LogP contribution in [-0.2, 0) is 4.79 Å². The zero-order chi connectivity index (χ0) is 25.8. The summed E-state index contributed by atoms with van der Waals surface area (Å²) in [5.74, 6) is 0.209. The number of allylic oxidation sites excluding steroid dienone is 5. The number of ether oxygens (including phenoxy) is 1. The van der Waals surface area contributed by atoms with E-state index in [1.54, 1.807) is 30.3 Å². The quantitative estimate of drug-likeness (QED) is 0.0815. The molecule has 0 heterocycles. The van der Waals surface area contributed by atoms with Gasteiger partial charge in [-0.1, -0.05) is 99.8 Å². The molecule has 0 saturated carbocycles. The van der Waals surface area contributed by atoms with Crippen LogP contribution in [0.1, 0.15) is 82.3 Å². The van der Waals surface area contributed by atoms with E-state index in [4.69, 9.17) is 4.74 Å². The molecule has 2 rings (SSSR count). The van der Waals surface area contributed by atoms with Crippen molar-refractivity contribution in [1.82, 2.24) is 0 Å². The predicted molar refractivity (Wildman–Crippen MR) is 150 cm³/mol. The number of aromatic hydroxyl groups is 2. The van der Waals surface area contributed by atoms with Gasteiger partial charge in [-0.15, -0.1) is 0 Å². The van der Waals surface area contributed by atoms with Gasteiger partial charge in [-0.3, -0.25) is 4.79 Å². The number of benzene rings is 2. The largest absolute Gasteiger partial charge is 0.508 e.